The number of fused-ring (bicyclic) bond motifs is 1. The van der Waals surface area contributed by atoms with Crippen LogP contribution in [0.1, 0.15) is 56.7 Å². The van der Waals surface area contributed by atoms with Crippen LogP contribution in [0, 0.1) is 6.92 Å². The van der Waals surface area contributed by atoms with Crippen LogP contribution in [-0.4, -0.2) is 14.6 Å². The van der Waals surface area contributed by atoms with E-state index in [1.165, 1.54) is 12.0 Å². The van der Waals surface area contributed by atoms with Crippen molar-refractivity contribution in [1.29, 1.82) is 0 Å². The third kappa shape index (κ3) is 5.92. The summed E-state index contributed by atoms with van der Waals surface area (Å²) < 4.78 is 1.79. The van der Waals surface area contributed by atoms with E-state index >= 15 is 0 Å². The Kier molecular flexibility index (Phi) is 7.72. The van der Waals surface area contributed by atoms with Crippen molar-refractivity contribution in [3.05, 3.63) is 84.1 Å². The third-order valence-corrected chi connectivity index (χ3v) is 4.97. The fourth-order valence-electron chi connectivity index (χ4n) is 3.32. The number of nitrogen functional groups attached to an aromatic ring is 1. The van der Waals surface area contributed by atoms with E-state index in [9.17, 15) is 0 Å². The molecule has 0 aliphatic carbocycles. The number of aryl methyl sites for hydroxylation is 1. The van der Waals surface area contributed by atoms with E-state index in [1.54, 1.807) is 10.6 Å². The number of benzene rings is 2. The molecule has 0 unspecified atom stereocenters. The number of aromatic nitrogens is 3. The van der Waals surface area contributed by atoms with E-state index < -0.39 is 0 Å². The third-order valence-electron chi connectivity index (χ3n) is 4.97. The van der Waals surface area contributed by atoms with Crippen molar-refractivity contribution >= 4 is 34.4 Å². The van der Waals surface area contributed by atoms with Crippen LogP contribution in [0.4, 0.5) is 23.0 Å². The quantitative estimate of drug-likeness (QED) is 0.300. The van der Waals surface area contributed by atoms with Crippen LogP contribution in [0.15, 0.2) is 67.4 Å². The maximum atomic E-state index is 6.06. The topological polar surface area (TPSA) is 80.3 Å². The molecule has 172 valence electrons. The van der Waals surface area contributed by atoms with Gasteiger partial charge in [0.25, 0.3) is 0 Å². The average molecular weight is 443 g/mol. The summed E-state index contributed by atoms with van der Waals surface area (Å²) in [7, 11) is 0. The van der Waals surface area contributed by atoms with Crippen molar-refractivity contribution in [3.63, 3.8) is 0 Å². The maximum absolute atomic E-state index is 6.06. The zero-order chi connectivity index (χ0) is 24.0. The first-order valence-corrected chi connectivity index (χ1v) is 11.4. The Balaban J connectivity index is 0.000000968. The predicted molar refractivity (Wildman–Crippen MR) is 141 cm³/mol. The summed E-state index contributed by atoms with van der Waals surface area (Å²) in [6, 6.07) is 18.1. The molecule has 2 heterocycles. The van der Waals surface area contributed by atoms with Gasteiger partial charge >= 0.3 is 0 Å². The molecule has 6 heteroatoms. The second-order valence-corrected chi connectivity index (χ2v) is 8.44. The fourth-order valence-corrected chi connectivity index (χ4v) is 3.32. The van der Waals surface area contributed by atoms with E-state index in [0.717, 1.165) is 39.7 Å². The zero-order valence-electron chi connectivity index (χ0n) is 20.2. The van der Waals surface area contributed by atoms with Gasteiger partial charge in [-0.05, 0) is 36.6 Å². The lowest BCUT2D eigenvalue weighted by atomic mass is 10.1. The van der Waals surface area contributed by atoms with Crippen molar-refractivity contribution in [2.45, 2.75) is 47.0 Å². The average Bonchev–Trinajstić information content (AvgIpc) is 3.19. The fraction of sp³-hybridized carbons (Fsp3) is 0.259. The molecule has 0 atom stereocenters. The first kappa shape index (κ1) is 23.9. The number of nitrogens with zero attached hydrogens (tertiary/aromatic N) is 3. The molecule has 0 saturated carbocycles. The van der Waals surface area contributed by atoms with Gasteiger partial charge in [-0.2, -0.15) is 9.61 Å². The van der Waals surface area contributed by atoms with Gasteiger partial charge in [0.1, 0.15) is 11.6 Å². The minimum atomic E-state index is 0.310. The summed E-state index contributed by atoms with van der Waals surface area (Å²) in [5.41, 5.74) is 12.9. The van der Waals surface area contributed by atoms with Gasteiger partial charge in [-0.3, -0.25) is 0 Å². The predicted octanol–water partition coefficient (Wildman–Crippen LogP) is 6.99. The highest BCUT2D eigenvalue weighted by molar-refractivity contribution is 5.77. The van der Waals surface area contributed by atoms with Crippen molar-refractivity contribution in [1.82, 2.24) is 14.6 Å². The van der Waals surface area contributed by atoms with Gasteiger partial charge in [0.15, 0.2) is 5.65 Å². The Hall–Kier alpha value is -3.80. The van der Waals surface area contributed by atoms with Crippen molar-refractivity contribution in [2.24, 2.45) is 0 Å². The van der Waals surface area contributed by atoms with E-state index in [2.05, 4.69) is 86.2 Å². The molecule has 4 rings (SSSR count). The lowest BCUT2D eigenvalue weighted by Gasteiger charge is -2.13. The number of anilines is 4. The summed E-state index contributed by atoms with van der Waals surface area (Å²) in [6.45, 7) is 14.7. The lowest BCUT2D eigenvalue weighted by molar-refractivity contribution is 0.872. The maximum Gasteiger partial charge on any atom is 0.163 e. The molecule has 0 amide bonds. The molecule has 0 fully saturated rings. The highest BCUT2D eigenvalue weighted by atomic mass is 15.3. The Labute approximate surface area is 196 Å². The second-order valence-electron chi connectivity index (χ2n) is 8.44. The van der Waals surface area contributed by atoms with Gasteiger partial charge in [-0.1, -0.05) is 76.6 Å². The summed E-state index contributed by atoms with van der Waals surface area (Å²) in [5.74, 6) is 1.53. The highest BCUT2D eigenvalue weighted by Crippen LogP contribution is 2.27. The summed E-state index contributed by atoms with van der Waals surface area (Å²) >= 11 is 0. The molecular weight excluding hydrogens is 408 g/mol. The largest absolute Gasteiger partial charge is 0.384 e. The van der Waals surface area contributed by atoms with E-state index in [4.69, 9.17) is 5.73 Å². The monoisotopic (exact) mass is 442 g/mol. The van der Waals surface area contributed by atoms with Crippen molar-refractivity contribution < 1.29 is 0 Å². The van der Waals surface area contributed by atoms with E-state index in [-0.39, 0.29) is 0 Å². The Morgan fingerprint density at radius 3 is 2.39 bits per heavy atom. The van der Waals surface area contributed by atoms with Crippen LogP contribution in [0.3, 0.4) is 0 Å². The Bertz CT molecular complexity index is 1220. The molecule has 0 aliphatic rings. The summed E-state index contributed by atoms with van der Waals surface area (Å²) in [5, 5.41) is 11.3. The van der Waals surface area contributed by atoms with Crippen LogP contribution < -0.4 is 16.4 Å². The van der Waals surface area contributed by atoms with Gasteiger partial charge in [-0.25, -0.2) is 4.98 Å². The zero-order valence-corrected chi connectivity index (χ0v) is 20.2. The molecule has 0 radical (unpaired) electrons. The number of hydrogen-bond donors (Lipinski definition) is 3. The molecule has 4 aromatic rings. The molecule has 0 saturated heterocycles. The van der Waals surface area contributed by atoms with Gasteiger partial charge in [0, 0.05) is 28.7 Å². The molecule has 6 nitrogen and oxygen atoms in total. The second kappa shape index (κ2) is 10.7. The molecule has 4 N–H and O–H groups in total. The number of rotatable bonds is 6. The van der Waals surface area contributed by atoms with Crippen LogP contribution in [0.2, 0.25) is 0 Å². The number of nitrogens with one attached hydrogen (secondary N) is 2. The molecule has 2 aromatic heterocycles. The molecule has 33 heavy (non-hydrogen) atoms. The SMILES string of the molecule is C=C(Nc1cccc(Nc2cc(N)nc3c(C(C)C)cnn23)c1)c1ccc(C)cc1.CCC. The Morgan fingerprint density at radius 2 is 1.73 bits per heavy atom. The van der Waals surface area contributed by atoms with Crippen LogP contribution in [0.25, 0.3) is 11.3 Å². The van der Waals surface area contributed by atoms with Gasteiger partial charge in [-0.15, -0.1) is 0 Å². The summed E-state index contributed by atoms with van der Waals surface area (Å²) in [6.07, 6.45) is 3.10. The molecular formula is C27H34N6. The minimum Gasteiger partial charge on any atom is -0.384 e. The summed E-state index contributed by atoms with van der Waals surface area (Å²) in [4.78, 5) is 4.47. The highest BCUT2D eigenvalue weighted by Gasteiger charge is 2.13. The van der Waals surface area contributed by atoms with Gasteiger partial charge in [0.2, 0.25) is 0 Å². The van der Waals surface area contributed by atoms with E-state index in [0.29, 0.717) is 11.7 Å². The molecule has 0 spiro atoms. The van der Waals surface area contributed by atoms with Gasteiger partial charge < -0.3 is 16.4 Å². The number of nitrogens with two attached hydrogens (primary N) is 1. The van der Waals surface area contributed by atoms with Crippen LogP contribution in [0.5, 0.6) is 0 Å². The molecule has 2 aromatic carbocycles. The lowest BCUT2D eigenvalue weighted by Crippen LogP contribution is -2.05. The van der Waals surface area contributed by atoms with Crippen molar-refractivity contribution in [3.8, 4) is 0 Å². The molecule has 0 aliphatic heterocycles. The normalized spacial score (nSPS) is 10.6. The molecule has 0 bridgehead atoms. The van der Waals surface area contributed by atoms with Crippen LogP contribution in [-0.2, 0) is 0 Å². The standard InChI is InChI=1S/C24H26N6.C3H8/c1-15(2)21-14-26-30-23(13-22(25)29-24(21)30)28-20-7-5-6-19(12-20)27-17(4)18-10-8-16(3)9-11-18;1-3-2/h5-15,27-28H,4H2,1-3H3,(H2,25,29);3H2,1-2H3. The van der Waals surface area contributed by atoms with Gasteiger partial charge in [0.05, 0.1) is 6.20 Å². The Morgan fingerprint density at radius 1 is 1.06 bits per heavy atom. The first-order chi connectivity index (χ1) is 15.8. The van der Waals surface area contributed by atoms with Crippen LogP contribution >= 0.6 is 0 Å². The minimum absolute atomic E-state index is 0.310. The van der Waals surface area contributed by atoms with E-state index in [1.807, 2.05) is 30.5 Å². The van der Waals surface area contributed by atoms with Crippen molar-refractivity contribution in [2.75, 3.05) is 16.4 Å². The smallest absolute Gasteiger partial charge is 0.163 e. The number of hydrogen-bond acceptors (Lipinski definition) is 5. The first-order valence-electron chi connectivity index (χ1n) is 11.4.